The highest BCUT2D eigenvalue weighted by molar-refractivity contribution is 6.30. The van der Waals surface area contributed by atoms with Crippen LogP contribution in [0.15, 0.2) is 78.9 Å². The van der Waals surface area contributed by atoms with Crippen molar-refractivity contribution < 1.29 is 14.3 Å². The predicted molar refractivity (Wildman–Crippen MR) is 114 cm³/mol. The molecule has 3 aromatic rings. The van der Waals surface area contributed by atoms with Crippen molar-refractivity contribution in [3.63, 3.8) is 0 Å². The molecule has 0 saturated heterocycles. The zero-order chi connectivity index (χ0) is 20.6. The minimum Gasteiger partial charge on any atom is -0.465 e. The Morgan fingerprint density at radius 2 is 1.52 bits per heavy atom. The van der Waals surface area contributed by atoms with Crippen LogP contribution in [0.25, 0.3) is 0 Å². The number of anilines is 1. The first kappa shape index (κ1) is 20.6. The lowest BCUT2D eigenvalue weighted by Crippen LogP contribution is -2.32. The van der Waals surface area contributed by atoms with Crippen LogP contribution in [0.1, 0.15) is 27.5 Å². The summed E-state index contributed by atoms with van der Waals surface area (Å²) in [4.78, 5) is 24.4. The second-order valence-corrected chi connectivity index (χ2v) is 6.80. The van der Waals surface area contributed by atoms with Crippen molar-refractivity contribution in [2.45, 2.75) is 6.04 Å². The van der Waals surface area contributed by atoms with E-state index in [1.807, 2.05) is 54.6 Å². The van der Waals surface area contributed by atoms with Gasteiger partial charge in [-0.3, -0.25) is 10.1 Å². The number of ether oxygens (including phenoxy) is 1. The minimum atomic E-state index is -0.503. The maximum atomic E-state index is 12.5. The molecule has 5 nitrogen and oxygen atoms in total. The van der Waals surface area contributed by atoms with Crippen molar-refractivity contribution in [1.29, 1.82) is 0 Å². The molecule has 0 aliphatic heterocycles. The van der Waals surface area contributed by atoms with Gasteiger partial charge in [-0.05, 0) is 35.4 Å². The van der Waals surface area contributed by atoms with Crippen LogP contribution in [-0.4, -0.2) is 25.5 Å². The lowest BCUT2D eigenvalue weighted by atomic mass is 9.99. The maximum Gasteiger partial charge on any atom is 0.339 e. The third-order valence-corrected chi connectivity index (χ3v) is 4.66. The van der Waals surface area contributed by atoms with Gasteiger partial charge in [-0.1, -0.05) is 66.2 Å². The van der Waals surface area contributed by atoms with Gasteiger partial charge in [-0.15, -0.1) is 0 Å². The van der Waals surface area contributed by atoms with Gasteiger partial charge in [0, 0.05) is 5.02 Å². The molecule has 1 atom stereocenters. The number of carbonyl (C=O) groups excluding carboxylic acids is 2. The van der Waals surface area contributed by atoms with Crippen LogP contribution in [0, 0.1) is 0 Å². The summed E-state index contributed by atoms with van der Waals surface area (Å²) in [7, 11) is 1.30. The van der Waals surface area contributed by atoms with Crippen LogP contribution in [-0.2, 0) is 9.53 Å². The average molecular weight is 409 g/mol. The Morgan fingerprint density at radius 1 is 0.897 bits per heavy atom. The van der Waals surface area contributed by atoms with E-state index in [1.54, 1.807) is 24.3 Å². The highest BCUT2D eigenvalue weighted by Gasteiger charge is 2.17. The monoisotopic (exact) mass is 408 g/mol. The first-order chi connectivity index (χ1) is 14.1. The van der Waals surface area contributed by atoms with Gasteiger partial charge in [-0.2, -0.15) is 0 Å². The number of benzene rings is 3. The molecule has 2 N–H and O–H groups in total. The molecule has 0 bridgehead atoms. The van der Waals surface area contributed by atoms with Crippen molar-refractivity contribution in [1.82, 2.24) is 5.32 Å². The smallest absolute Gasteiger partial charge is 0.339 e. The number of esters is 1. The van der Waals surface area contributed by atoms with Crippen LogP contribution >= 0.6 is 11.6 Å². The normalized spacial score (nSPS) is 11.5. The summed E-state index contributed by atoms with van der Waals surface area (Å²) in [5.41, 5.74) is 2.73. The molecule has 0 radical (unpaired) electrons. The SMILES string of the molecule is COC(=O)c1ccccc1NC(=O)CN[C@@H](c1ccccc1)c1ccc(Cl)cc1. The van der Waals surface area contributed by atoms with Gasteiger partial charge < -0.3 is 10.1 Å². The molecule has 3 aromatic carbocycles. The molecule has 148 valence electrons. The number of hydrogen-bond acceptors (Lipinski definition) is 4. The van der Waals surface area contributed by atoms with Gasteiger partial charge in [0.2, 0.25) is 5.91 Å². The number of nitrogens with one attached hydrogen (secondary N) is 2. The van der Waals surface area contributed by atoms with E-state index in [0.29, 0.717) is 16.3 Å². The van der Waals surface area contributed by atoms with E-state index in [-0.39, 0.29) is 18.5 Å². The number of methoxy groups -OCH3 is 1. The summed E-state index contributed by atoms with van der Waals surface area (Å²) in [5, 5.41) is 6.70. The Labute approximate surface area is 174 Å². The molecular formula is C23H21ClN2O3. The number of rotatable bonds is 7. The molecule has 0 fully saturated rings. The molecule has 0 unspecified atom stereocenters. The van der Waals surface area contributed by atoms with Crippen molar-refractivity contribution in [2.24, 2.45) is 0 Å². The standard InChI is InChI=1S/C23H21ClN2O3/c1-29-23(28)19-9-5-6-10-20(19)26-21(27)15-25-22(16-7-3-2-4-8-16)17-11-13-18(24)14-12-17/h2-14,22,25H,15H2,1H3,(H,26,27)/t22-/m0/s1. The first-order valence-electron chi connectivity index (χ1n) is 9.09. The van der Waals surface area contributed by atoms with E-state index in [1.165, 1.54) is 7.11 Å². The third kappa shape index (κ3) is 5.44. The summed E-state index contributed by atoms with van der Waals surface area (Å²) < 4.78 is 4.77. The Balaban J connectivity index is 1.74. The van der Waals surface area contributed by atoms with Gasteiger partial charge in [0.1, 0.15) is 0 Å². The summed E-state index contributed by atoms with van der Waals surface area (Å²) in [6.07, 6.45) is 0. The molecule has 0 aliphatic rings. The number of carbonyl (C=O) groups is 2. The topological polar surface area (TPSA) is 67.4 Å². The molecule has 6 heteroatoms. The van der Waals surface area contributed by atoms with Gasteiger partial charge in [0.15, 0.2) is 0 Å². The lowest BCUT2D eigenvalue weighted by molar-refractivity contribution is -0.115. The van der Waals surface area contributed by atoms with Gasteiger partial charge in [0.05, 0.1) is 30.9 Å². The second kappa shape index (κ2) is 9.87. The zero-order valence-electron chi connectivity index (χ0n) is 15.9. The Hall–Kier alpha value is -3.15. The van der Waals surface area contributed by atoms with Crippen molar-refractivity contribution in [3.8, 4) is 0 Å². The lowest BCUT2D eigenvalue weighted by Gasteiger charge is -2.20. The molecule has 0 heterocycles. The second-order valence-electron chi connectivity index (χ2n) is 6.36. The molecule has 0 saturated carbocycles. The van der Waals surface area contributed by atoms with Gasteiger partial charge in [0.25, 0.3) is 0 Å². The van der Waals surface area contributed by atoms with Crippen molar-refractivity contribution in [2.75, 3.05) is 19.0 Å². The van der Waals surface area contributed by atoms with Crippen LogP contribution < -0.4 is 10.6 Å². The van der Waals surface area contributed by atoms with Crippen LogP contribution in [0.5, 0.6) is 0 Å². The third-order valence-electron chi connectivity index (χ3n) is 4.41. The summed E-state index contributed by atoms with van der Waals surface area (Å²) >= 11 is 6.01. The van der Waals surface area contributed by atoms with E-state index in [4.69, 9.17) is 16.3 Å². The van der Waals surface area contributed by atoms with Gasteiger partial charge in [-0.25, -0.2) is 4.79 Å². The molecule has 3 rings (SSSR count). The number of halogens is 1. The van der Waals surface area contributed by atoms with Gasteiger partial charge >= 0.3 is 5.97 Å². The van der Waals surface area contributed by atoms with Crippen LogP contribution in [0.4, 0.5) is 5.69 Å². The van der Waals surface area contributed by atoms with E-state index in [2.05, 4.69) is 10.6 Å². The molecular weight excluding hydrogens is 388 g/mol. The molecule has 0 aromatic heterocycles. The van der Waals surface area contributed by atoms with Crippen molar-refractivity contribution >= 4 is 29.2 Å². The Bertz CT molecular complexity index is 975. The number of para-hydroxylation sites is 1. The minimum absolute atomic E-state index is 0.0533. The van der Waals surface area contributed by atoms with Crippen LogP contribution in [0.3, 0.4) is 0 Å². The highest BCUT2D eigenvalue weighted by Crippen LogP contribution is 2.23. The summed E-state index contributed by atoms with van der Waals surface area (Å²) in [6.45, 7) is 0.0533. The summed E-state index contributed by atoms with van der Waals surface area (Å²) in [5.74, 6) is -0.770. The first-order valence-corrected chi connectivity index (χ1v) is 9.47. The zero-order valence-corrected chi connectivity index (χ0v) is 16.6. The highest BCUT2D eigenvalue weighted by atomic mass is 35.5. The fourth-order valence-electron chi connectivity index (χ4n) is 3.00. The number of amides is 1. The van der Waals surface area contributed by atoms with E-state index >= 15 is 0 Å². The quantitative estimate of drug-likeness (QED) is 0.567. The Morgan fingerprint density at radius 3 is 2.21 bits per heavy atom. The maximum absolute atomic E-state index is 12.5. The summed E-state index contributed by atoms with van der Waals surface area (Å²) in [6, 6.07) is 23.9. The largest absolute Gasteiger partial charge is 0.465 e. The Kier molecular flexibility index (Phi) is 7.00. The van der Waals surface area contributed by atoms with E-state index < -0.39 is 5.97 Å². The van der Waals surface area contributed by atoms with E-state index in [0.717, 1.165) is 11.1 Å². The molecule has 0 spiro atoms. The predicted octanol–water partition coefficient (Wildman–Crippen LogP) is 4.44. The fraction of sp³-hybridized carbons (Fsp3) is 0.130. The molecule has 0 aliphatic carbocycles. The number of hydrogen-bond donors (Lipinski definition) is 2. The van der Waals surface area contributed by atoms with Crippen molar-refractivity contribution in [3.05, 3.63) is 101 Å². The van der Waals surface area contributed by atoms with E-state index in [9.17, 15) is 9.59 Å². The van der Waals surface area contributed by atoms with Crippen LogP contribution in [0.2, 0.25) is 5.02 Å². The molecule has 1 amide bonds. The fourth-order valence-corrected chi connectivity index (χ4v) is 3.12. The molecule has 29 heavy (non-hydrogen) atoms. The average Bonchev–Trinajstić information content (AvgIpc) is 2.75.